The summed E-state index contributed by atoms with van der Waals surface area (Å²) in [7, 11) is 0. The van der Waals surface area contributed by atoms with Gasteiger partial charge in [0, 0.05) is 13.1 Å². The van der Waals surface area contributed by atoms with E-state index < -0.39 is 12.0 Å². The monoisotopic (exact) mass is 254 g/mol. The van der Waals surface area contributed by atoms with Crippen molar-refractivity contribution in [1.82, 2.24) is 9.80 Å². The topological polar surface area (TPSA) is 77.9 Å². The third kappa shape index (κ3) is 2.88. The van der Waals surface area contributed by atoms with E-state index in [1.54, 1.807) is 13.8 Å². The molecule has 1 N–H and O–H groups in total. The van der Waals surface area contributed by atoms with Gasteiger partial charge in [-0.25, -0.2) is 4.79 Å². The van der Waals surface area contributed by atoms with Crippen LogP contribution in [0.5, 0.6) is 0 Å². The number of amides is 2. The summed E-state index contributed by atoms with van der Waals surface area (Å²) in [5.41, 5.74) is 0. The zero-order chi connectivity index (χ0) is 13.9. The van der Waals surface area contributed by atoms with E-state index in [4.69, 9.17) is 5.11 Å². The van der Waals surface area contributed by atoms with Crippen LogP contribution in [-0.4, -0.2) is 58.4 Å². The van der Waals surface area contributed by atoms with Gasteiger partial charge in [0.1, 0.15) is 12.6 Å². The van der Waals surface area contributed by atoms with Crippen LogP contribution in [0.2, 0.25) is 0 Å². The van der Waals surface area contributed by atoms with Crippen LogP contribution in [0.15, 0.2) is 12.7 Å². The molecule has 1 atom stereocenters. The van der Waals surface area contributed by atoms with Gasteiger partial charge in [0.05, 0.1) is 0 Å². The van der Waals surface area contributed by atoms with Crippen molar-refractivity contribution in [2.45, 2.75) is 19.9 Å². The number of carbonyl (C=O) groups excluding carboxylic acids is 2. The lowest BCUT2D eigenvalue weighted by atomic mass is 10.0. The fraction of sp³-hybridized carbons (Fsp3) is 0.583. The molecule has 6 heteroatoms. The highest BCUT2D eigenvalue weighted by atomic mass is 16.4. The zero-order valence-corrected chi connectivity index (χ0v) is 10.6. The van der Waals surface area contributed by atoms with E-state index in [1.807, 2.05) is 0 Å². The number of hydrogen-bond donors (Lipinski definition) is 1. The summed E-state index contributed by atoms with van der Waals surface area (Å²) in [4.78, 5) is 37.2. The van der Waals surface area contributed by atoms with Crippen molar-refractivity contribution in [3.05, 3.63) is 12.7 Å². The molecule has 0 aromatic carbocycles. The number of aliphatic carboxylic acids is 1. The van der Waals surface area contributed by atoms with Gasteiger partial charge >= 0.3 is 5.97 Å². The Bertz CT molecular complexity index is 378. The van der Waals surface area contributed by atoms with Crippen LogP contribution in [0.25, 0.3) is 0 Å². The summed E-state index contributed by atoms with van der Waals surface area (Å²) in [5.74, 6) is -1.83. The van der Waals surface area contributed by atoms with Crippen molar-refractivity contribution in [3.63, 3.8) is 0 Å². The quantitative estimate of drug-likeness (QED) is 0.714. The Labute approximate surface area is 106 Å². The average molecular weight is 254 g/mol. The Morgan fingerprint density at radius 1 is 1.39 bits per heavy atom. The number of carbonyl (C=O) groups is 3. The van der Waals surface area contributed by atoms with Crippen molar-refractivity contribution in [1.29, 1.82) is 0 Å². The normalized spacial score (nSPS) is 17.8. The Kier molecular flexibility index (Phi) is 4.47. The molecule has 100 valence electrons. The van der Waals surface area contributed by atoms with E-state index in [2.05, 4.69) is 6.58 Å². The highest BCUT2D eigenvalue weighted by Gasteiger charge is 2.36. The van der Waals surface area contributed by atoms with E-state index in [9.17, 15) is 14.4 Å². The van der Waals surface area contributed by atoms with Crippen LogP contribution >= 0.6 is 0 Å². The lowest BCUT2D eigenvalue weighted by Gasteiger charge is -2.38. The lowest BCUT2D eigenvalue weighted by molar-refractivity contribution is -0.156. The molecule has 0 bridgehead atoms. The number of carboxylic acids is 1. The lowest BCUT2D eigenvalue weighted by Crippen LogP contribution is -2.58. The number of nitrogens with zero attached hydrogens (tertiary/aromatic N) is 2. The number of piperazine rings is 1. The molecule has 1 fully saturated rings. The standard InChI is InChI=1S/C12H18N2O4/c1-4-9(15)13-5-6-14(10(16)7-13)11(8(2)3)12(17)18/h4,8,11H,1,5-7H2,2-3H3,(H,17,18). The van der Waals surface area contributed by atoms with Gasteiger partial charge in [-0.05, 0) is 12.0 Å². The average Bonchev–Trinajstić information content (AvgIpc) is 2.29. The molecule has 1 rings (SSSR count). The van der Waals surface area contributed by atoms with Gasteiger partial charge in [0.2, 0.25) is 11.8 Å². The third-order valence-electron chi connectivity index (χ3n) is 2.96. The fourth-order valence-electron chi connectivity index (χ4n) is 2.08. The maximum Gasteiger partial charge on any atom is 0.326 e. The van der Waals surface area contributed by atoms with E-state index in [0.29, 0.717) is 6.54 Å². The first-order valence-corrected chi connectivity index (χ1v) is 5.82. The van der Waals surface area contributed by atoms with Crippen LogP contribution < -0.4 is 0 Å². The molecule has 2 amide bonds. The van der Waals surface area contributed by atoms with Crippen LogP contribution in [0.3, 0.4) is 0 Å². The highest BCUT2D eigenvalue weighted by molar-refractivity contribution is 5.93. The summed E-state index contributed by atoms with van der Waals surface area (Å²) in [5, 5.41) is 9.14. The Morgan fingerprint density at radius 3 is 2.39 bits per heavy atom. The van der Waals surface area contributed by atoms with Crippen LogP contribution in [0.4, 0.5) is 0 Å². The zero-order valence-electron chi connectivity index (χ0n) is 10.6. The molecule has 1 unspecified atom stereocenters. The first-order chi connectivity index (χ1) is 8.38. The van der Waals surface area contributed by atoms with E-state index in [1.165, 1.54) is 9.80 Å². The van der Waals surface area contributed by atoms with Crippen molar-refractivity contribution in [2.75, 3.05) is 19.6 Å². The van der Waals surface area contributed by atoms with E-state index in [-0.39, 0.29) is 30.8 Å². The van der Waals surface area contributed by atoms with Crippen molar-refractivity contribution >= 4 is 17.8 Å². The number of rotatable bonds is 4. The first kappa shape index (κ1) is 14.2. The number of hydrogen-bond acceptors (Lipinski definition) is 3. The molecule has 1 saturated heterocycles. The largest absolute Gasteiger partial charge is 0.480 e. The van der Waals surface area contributed by atoms with Gasteiger partial charge in [0.25, 0.3) is 0 Å². The Hall–Kier alpha value is -1.85. The van der Waals surface area contributed by atoms with Gasteiger partial charge in [-0.1, -0.05) is 20.4 Å². The van der Waals surface area contributed by atoms with Gasteiger partial charge in [0.15, 0.2) is 0 Å². The van der Waals surface area contributed by atoms with E-state index >= 15 is 0 Å². The second-order valence-electron chi connectivity index (χ2n) is 4.58. The highest BCUT2D eigenvalue weighted by Crippen LogP contribution is 2.15. The minimum Gasteiger partial charge on any atom is -0.480 e. The molecule has 1 aliphatic rings. The van der Waals surface area contributed by atoms with Gasteiger partial charge in [-0.15, -0.1) is 0 Å². The van der Waals surface area contributed by atoms with Gasteiger partial charge in [-0.3, -0.25) is 9.59 Å². The predicted octanol–water partition coefficient (Wildman–Crippen LogP) is -0.0476. The minimum absolute atomic E-state index is 0.0820. The Morgan fingerprint density at radius 2 is 2.00 bits per heavy atom. The molecule has 1 aliphatic heterocycles. The fourth-order valence-corrected chi connectivity index (χ4v) is 2.08. The summed E-state index contributed by atoms with van der Waals surface area (Å²) in [6.45, 7) is 7.38. The maximum atomic E-state index is 11.9. The summed E-state index contributed by atoms with van der Waals surface area (Å²) in [6.07, 6.45) is 1.15. The second-order valence-corrected chi connectivity index (χ2v) is 4.58. The van der Waals surface area contributed by atoms with Crippen molar-refractivity contribution < 1.29 is 19.5 Å². The first-order valence-electron chi connectivity index (χ1n) is 5.82. The molecule has 18 heavy (non-hydrogen) atoms. The maximum absolute atomic E-state index is 11.9. The van der Waals surface area contributed by atoms with Crippen LogP contribution in [0, 0.1) is 5.92 Å². The van der Waals surface area contributed by atoms with Crippen molar-refractivity contribution in [3.8, 4) is 0 Å². The Balaban J connectivity index is 2.78. The van der Waals surface area contributed by atoms with E-state index in [0.717, 1.165) is 6.08 Å². The predicted molar refractivity (Wildman–Crippen MR) is 64.8 cm³/mol. The molecule has 0 saturated carbocycles. The minimum atomic E-state index is -1.01. The second kappa shape index (κ2) is 5.66. The third-order valence-corrected chi connectivity index (χ3v) is 2.96. The van der Waals surface area contributed by atoms with Crippen LogP contribution in [0.1, 0.15) is 13.8 Å². The molecule has 0 aromatic rings. The van der Waals surface area contributed by atoms with Crippen molar-refractivity contribution in [2.24, 2.45) is 5.92 Å². The summed E-state index contributed by atoms with van der Waals surface area (Å²) < 4.78 is 0. The molecule has 0 aliphatic carbocycles. The SMILES string of the molecule is C=CC(=O)N1CCN(C(C(=O)O)C(C)C)C(=O)C1. The molecule has 1 heterocycles. The molecular weight excluding hydrogens is 236 g/mol. The van der Waals surface area contributed by atoms with Crippen LogP contribution in [-0.2, 0) is 14.4 Å². The van der Waals surface area contributed by atoms with Gasteiger partial charge in [-0.2, -0.15) is 0 Å². The number of carboxylic acid groups (broad SMARTS) is 1. The molecule has 6 nitrogen and oxygen atoms in total. The summed E-state index contributed by atoms with van der Waals surface area (Å²) >= 11 is 0. The molecular formula is C12H18N2O4. The smallest absolute Gasteiger partial charge is 0.326 e. The van der Waals surface area contributed by atoms with Gasteiger partial charge < -0.3 is 14.9 Å². The molecule has 0 radical (unpaired) electrons. The molecule has 0 aromatic heterocycles. The molecule has 0 spiro atoms. The summed E-state index contributed by atoms with van der Waals surface area (Å²) in [6, 6.07) is -0.835.